The summed E-state index contributed by atoms with van der Waals surface area (Å²) in [7, 11) is -5.20. The minimum atomic E-state index is -4.16. The third-order valence-corrected chi connectivity index (χ3v) is 18.7. The lowest BCUT2D eigenvalue weighted by molar-refractivity contribution is 0.143. The first kappa shape index (κ1) is 55.5. The standard InChI is InChI=1S/C60H64O8S4/c1-43(17-15-19-45-27-39-51(69-5)40-28-45)59(71(63,64)53-21-9-7-10-22-53)57(61)55(47-31-35-49(67-3)36-32-47)25-13-14-26-56(48-33-37-50(68-4)38-34-48)58(62)60(72(65,66)54-23-11-8-12-24-54)44(2)18-16-20-46-29-41-52(70-6)42-30-46/h7-24,27-42,55-62H,25-26H2,1-6H3/b14-13+,19-15+,20-16+,43-17+,44-18+. The van der Waals surface area contributed by atoms with Crippen LogP contribution in [0.1, 0.15) is 60.8 Å². The second-order valence-corrected chi connectivity index (χ2v) is 23.2. The minimum absolute atomic E-state index is 0.0865. The van der Waals surface area contributed by atoms with Crippen molar-refractivity contribution in [3.63, 3.8) is 0 Å². The van der Waals surface area contributed by atoms with Crippen molar-refractivity contribution in [3.8, 4) is 11.5 Å². The Labute approximate surface area is 435 Å². The van der Waals surface area contributed by atoms with Gasteiger partial charge in [-0.05, 0) is 134 Å². The number of aliphatic hydroxyl groups is 2. The topological polar surface area (TPSA) is 127 Å². The van der Waals surface area contributed by atoms with Crippen LogP contribution in [0.15, 0.2) is 225 Å². The highest BCUT2D eigenvalue weighted by atomic mass is 32.2. The van der Waals surface area contributed by atoms with Crippen molar-refractivity contribution >= 4 is 55.4 Å². The fraction of sp³-hybridized carbons (Fsp3) is 0.233. The average molecular weight is 1040 g/mol. The van der Waals surface area contributed by atoms with Crippen LogP contribution in [0.5, 0.6) is 11.5 Å². The molecule has 0 spiro atoms. The Bertz CT molecular complexity index is 2810. The van der Waals surface area contributed by atoms with E-state index in [0.717, 1.165) is 20.9 Å². The Hall–Kier alpha value is -5.86. The zero-order valence-electron chi connectivity index (χ0n) is 41.5. The maximum absolute atomic E-state index is 14.8. The lowest BCUT2D eigenvalue weighted by atomic mass is 9.85. The summed E-state index contributed by atoms with van der Waals surface area (Å²) >= 11 is 3.29. The normalized spacial score (nSPS) is 15.3. The SMILES string of the molecule is COc1ccc(C(C/C=C/CC(c2ccc(OC)cc2)C(O)C(/C(C)=C/C=C/c2ccc(SC)cc2)S(=O)(=O)c2ccccc2)C(O)C(/C(C)=C/C=C/c2ccc(SC)cc2)S(=O)(=O)c2ccccc2)cc1. The zero-order chi connectivity index (χ0) is 51.7. The highest BCUT2D eigenvalue weighted by Gasteiger charge is 2.41. The molecule has 0 saturated heterocycles. The van der Waals surface area contributed by atoms with Crippen molar-refractivity contribution in [2.75, 3.05) is 26.7 Å². The van der Waals surface area contributed by atoms with Crippen LogP contribution in [-0.4, -0.2) is 76.5 Å². The van der Waals surface area contributed by atoms with Crippen molar-refractivity contribution < 1.29 is 36.5 Å². The first-order chi connectivity index (χ1) is 34.7. The molecule has 6 unspecified atom stereocenters. The van der Waals surface area contributed by atoms with E-state index in [9.17, 15) is 27.0 Å². The summed E-state index contributed by atoms with van der Waals surface area (Å²) in [6.45, 7) is 3.46. The molecule has 72 heavy (non-hydrogen) atoms. The number of allylic oxidation sites excluding steroid dienone is 6. The lowest BCUT2D eigenvalue weighted by Crippen LogP contribution is -2.39. The van der Waals surface area contributed by atoms with Crippen molar-refractivity contribution in [1.82, 2.24) is 0 Å². The van der Waals surface area contributed by atoms with Gasteiger partial charge in [0.15, 0.2) is 19.7 Å². The second kappa shape index (κ2) is 26.7. The fourth-order valence-electron chi connectivity index (χ4n) is 8.71. The van der Waals surface area contributed by atoms with Gasteiger partial charge in [0.25, 0.3) is 0 Å². The van der Waals surface area contributed by atoms with Crippen LogP contribution in [0.25, 0.3) is 12.2 Å². The van der Waals surface area contributed by atoms with Gasteiger partial charge in [0.05, 0.1) is 36.2 Å². The van der Waals surface area contributed by atoms with E-state index in [-0.39, 0.29) is 22.6 Å². The van der Waals surface area contributed by atoms with E-state index in [4.69, 9.17) is 9.47 Å². The van der Waals surface area contributed by atoms with Gasteiger partial charge in [0.1, 0.15) is 22.0 Å². The molecular formula is C60H64O8S4. The van der Waals surface area contributed by atoms with Crippen molar-refractivity contribution in [3.05, 3.63) is 228 Å². The summed E-state index contributed by atoms with van der Waals surface area (Å²) in [5, 5.41) is 22.6. The summed E-state index contributed by atoms with van der Waals surface area (Å²) in [6.07, 6.45) is 16.2. The van der Waals surface area contributed by atoms with Crippen molar-refractivity contribution in [1.29, 1.82) is 0 Å². The maximum atomic E-state index is 14.8. The molecule has 0 aliphatic rings. The lowest BCUT2D eigenvalue weighted by Gasteiger charge is -2.31. The van der Waals surface area contributed by atoms with Gasteiger partial charge in [-0.15, -0.1) is 23.5 Å². The summed E-state index contributed by atoms with van der Waals surface area (Å²) < 4.78 is 70.0. The van der Waals surface area contributed by atoms with E-state index >= 15 is 0 Å². The Kier molecular flexibility index (Phi) is 20.6. The van der Waals surface area contributed by atoms with E-state index in [1.165, 1.54) is 0 Å². The van der Waals surface area contributed by atoms with Crippen molar-refractivity contribution in [2.24, 2.45) is 0 Å². The van der Waals surface area contributed by atoms with Crippen LogP contribution < -0.4 is 9.47 Å². The largest absolute Gasteiger partial charge is 0.497 e. The third-order valence-electron chi connectivity index (χ3n) is 12.7. The van der Waals surface area contributed by atoms with Gasteiger partial charge in [0, 0.05) is 21.6 Å². The highest BCUT2D eigenvalue weighted by molar-refractivity contribution is 7.98. The molecule has 6 aromatic rings. The number of rotatable bonds is 24. The quantitative estimate of drug-likeness (QED) is 0.0344. The average Bonchev–Trinajstić information content (AvgIpc) is 3.40. The molecule has 0 amide bonds. The molecule has 0 aliphatic heterocycles. The third kappa shape index (κ3) is 14.4. The Balaban J connectivity index is 1.39. The zero-order valence-corrected chi connectivity index (χ0v) is 44.8. The van der Waals surface area contributed by atoms with Gasteiger partial charge < -0.3 is 19.7 Å². The molecule has 0 heterocycles. The Morgan fingerprint density at radius 3 is 1.14 bits per heavy atom. The van der Waals surface area contributed by atoms with Gasteiger partial charge in [-0.2, -0.15) is 0 Å². The number of ether oxygens (including phenoxy) is 2. The van der Waals surface area contributed by atoms with Crippen LogP contribution in [-0.2, 0) is 19.7 Å². The number of hydrogen-bond acceptors (Lipinski definition) is 10. The molecule has 0 bridgehead atoms. The molecule has 2 N–H and O–H groups in total. The number of thioether (sulfide) groups is 2. The molecule has 6 rings (SSSR count). The molecule has 0 fully saturated rings. The number of methoxy groups -OCH3 is 2. The molecule has 12 heteroatoms. The molecule has 6 atom stereocenters. The van der Waals surface area contributed by atoms with E-state index in [0.29, 0.717) is 33.8 Å². The van der Waals surface area contributed by atoms with E-state index in [2.05, 4.69) is 0 Å². The monoisotopic (exact) mass is 1040 g/mol. The molecule has 376 valence electrons. The van der Waals surface area contributed by atoms with Crippen LogP contribution in [0.3, 0.4) is 0 Å². The molecule has 8 nitrogen and oxygen atoms in total. The number of benzene rings is 6. The molecule has 0 saturated carbocycles. The molecular weight excluding hydrogens is 977 g/mol. The minimum Gasteiger partial charge on any atom is -0.497 e. The first-order valence-electron chi connectivity index (χ1n) is 23.6. The smallest absolute Gasteiger partial charge is 0.187 e. The van der Waals surface area contributed by atoms with Gasteiger partial charge in [0.2, 0.25) is 0 Å². The summed E-state index contributed by atoms with van der Waals surface area (Å²) in [4.78, 5) is 2.43. The van der Waals surface area contributed by atoms with Crippen LogP contribution >= 0.6 is 23.5 Å². The highest BCUT2D eigenvalue weighted by Crippen LogP contribution is 2.38. The molecule has 0 radical (unpaired) electrons. The molecule has 0 aromatic heterocycles. The van der Waals surface area contributed by atoms with Crippen LogP contribution in [0.2, 0.25) is 0 Å². The molecule has 6 aromatic carbocycles. The van der Waals surface area contributed by atoms with Gasteiger partial charge in [-0.1, -0.05) is 145 Å². The number of aliphatic hydroxyl groups excluding tert-OH is 2. The van der Waals surface area contributed by atoms with Gasteiger partial charge >= 0.3 is 0 Å². The number of sulfone groups is 2. The van der Waals surface area contributed by atoms with E-state index in [1.807, 2.05) is 110 Å². The van der Waals surface area contributed by atoms with Gasteiger partial charge in [-0.25, -0.2) is 16.8 Å². The van der Waals surface area contributed by atoms with Gasteiger partial charge in [-0.3, -0.25) is 0 Å². The van der Waals surface area contributed by atoms with E-state index < -0.39 is 54.2 Å². The summed E-state index contributed by atoms with van der Waals surface area (Å²) in [6, 6.07) is 46.9. The summed E-state index contributed by atoms with van der Waals surface area (Å²) in [5.41, 5.74) is 4.16. The second-order valence-electron chi connectivity index (χ2n) is 17.3. The number of hydrogen-bond donors (Lipinski definition) is 2. The maximum Gasteiger partial charge on any atom is 0.187 e. The first-order valence-corrected chi connectivity index (χ1v) is 29.1. The van der Waals surface area contributed by atoms with E-state index in [1.54, 1.807) is 161 Å². The molecule has 0 aliphatic carbocycles. The predicted octanol–water partition coefficient (Wildman–Crippen LogP) is 13.1. The Morgan fingerprint density at radius 2 is 0.833 bits per heavy atom. The fourth-order valence-corrected chi connectivity index (χ4v) is 13.4. The van der Waals surface area contributed by atoms with Crippen LogP contribution in [0.4, 0.5) is 0 Å². The Morgan fingerprint density at radius 1 is 0.500 bits per heavy atom. The summed E-state index contributed by atoms with van der Waals surface area (Å²) in [5.74, 6) is -0.287. The van der Waals surface area contributed by atoms with Crippen molar-refractivity contribution in [2.45, 2.75) is 80.8 Å². The predicted molar refractivity (Wildman–Crippen MR) is 299 cm³/mol. The van der Waals surface area contributed by atoms with Crippen LogP contribution in [0, 0.1) is 0 Å².